The topological polar surface area (TPSA) is 63.8 Å². The van der Waals surface area contributed by atoms with Gasteiger partial charge < -0.3 is 9.15 Å². The van der Waals surface area contributed by atoms with E-state index < -0.39 is 0 Å². The lowest BCUT2D eigenvalue weighted by molar-refractivity contribution is -0.123. The smallest absolute Gasteiger partial charge is 0.277 e. The molecule has 2 rings (SSSR count). The zero-order chi connectivity index (χ0) is 15.2. The molecule has 0 spiro atoms. The van der Waals surface area contributed by atoms with Crippen LogP contribution in [0.3, 0.4) is 0 Å². The molecule has 6 heteroatoms. The van der Waals surface area contributed by atoms with Gasteiger partial charge in [0, 0.05) is 0 Å². The molecule has 110 valence electrons. The van der Waals surface area contributed by atoms with Crippen LogP contribution < -0.4 is 10.2 Å². The number of aryl methyl sites for hydroxylation is 2. The molecule has 0 aliphatic carbocycles. The summed E-state index contributed by atoms with van der Waals surface area (Å²) in [5, 5.41) is 3.79. The Balaban J connectivity index is 1.84. The van der Waals surface area contributed by atoms with Gasteiger partial charge in [-0.1, -0.05) is 18.2 Å². The fraction of sp³-hybridized carbons (Fsp3) is 0.200. The molecule has 0 aliphatic heterocycles. The van der Waals surface area contributed by atoms with Gasteiger partial charge in [-0.3, -0.25) is 4.79 Å². The summed E-state index contributed by atoms with van der Waals surface area (Å²) in [6.07, 6.45) is 1.42. The number of furan rings is 1. The van der Waals surface area contributed by atoms with E-state index in [2.05, 4.69) is 26.5 Å². The number of benzene rings is 1. The van der Waals surface area contributed by atoms with Gasteiger partial charge in [0.1, 0.15) is 11.5 Å². The van der Waals surface area contributed by atoms with E-state index in [1.165, 1.54) is 6.21 Å². The molecular formula is C15H15BrN2O3. The monoisotopic (exact) mass is 350 g/mol. The van der Waals surface area contributed by atoms with Gasteiger partial charge in [-0.25, -0.2) is 5.43 Å². The summed E-state index contributed by atoms with van der Waals surface area (Å²) >= 11 is 3.18. The zero-order valence-corrected chi connectivity index (χ0v) is 13.3. The van der Waals surface area contributed by atoms with E-state index in [-0.39, 0.29) is 12.5 Å². The summed E-state index contributed by atoms with van der Waals surface area (Å²) in [6, 6.07) is 9.30. The Kier molecular flexibility index (Phi) is 5.16. The summed E-state index contributed by atoms with van der Waals surface area (Å²) < 4.78 is 11.3. The van der Waals surface area contributed by atoms with E-state index in [1.54, 1.807) is 12.1 Å². The minimum Gasteiger partial charge on any atom is -0.483 e. The van der Waals surface area contributed by atoms with E-state index in [1.807, 2.05) is 32.0 Å². The van der Waals surface area contributed by atoms with Crippen LogP contribution in [0.25, 0.3) is 0 Å². The van der Waals surface area contributed by atoms with Crippen molar-refractivity contribution in [2.75, 3.05) is 6.61 Å². The number of hydrogen-bond donors (Lipinski definition) is 1. The van der Waals surface area contributed by atoms with Gasteiger partial charge in [-0.05, 0) is 53.0 Å². The molecule has 1 heterocycles. The predicted octanol–water partition coefficient (Wildman–Crippen LogP) is 3.19. The highest BCUT2D eigenvalue weighted by Crippen LogP contribution is 2.21. The van der Waals surface area contributed by atoms with Crippen molar-refractivity contribution in [1.29, 1.82) is 0 Å². The van der Waals surface area contributed by atoms with Gasteiger partial charge in [0.2, 0.25) is 0 Å². The SMILES string of the molecule is Cc1cccc(C)c1OCC(=O)N/N=C\c1ccc(Br)o1. The number of amides is 1. The van der Waals surface area contributed by atoms with Crippen molar-refractivity contribution in [3.8, 4) is 5.75 Å². The van der Waals surface area contributed by atoms with Crippen LogP contribution in [0.2, 0.25) is 0 Å². The van der Waals surface area contributed by atoms with Crippen molar-refractivity contribution in [3.63, 3.8) is 0 Å². The highest BCUT2D eigenvalue weighted by molar-refractivity contribution is 9.10. The first-order valence-electron chi connectivity index (χ1n) is 6.32. The van der Waals surface area contributed by atoms with Crippen LogP contribution in [-0.4, -0.2) is 18.7 Å². The van der Waals surface area contributed by atoms with Gasteiger partial charge in [0.25, 0.3) is 5.91 Å². The van der Waals surface area contributed by atoms with Gasteiger partial charge in [0.05, 0.1) is 6.21 Å². The van der Waals surface area contributed by atoms with E-state index in [0.29, 0.717) is 10.4 Å². The van der Waals surface area contributed by atoms with Crippen molar-refractivity contribution in [1.82, 2.24) is 5.43 Å². The molecule has 0 radical (unpaired) electrons. The fourth-order valence-corrected chi connectivity index (χ4v) is 2.08. The molecule has 1 amide bonds. The minimum atomic E-state index is -0.334. The average Bonchev–Trinajstić information content (AvgIpc) is 2.84. The highest BCUT2D eigenvalue weighted by Gasteiger charge is 2.06. The van der Waals surface area contributed by atoms with Gasteiger partial charge in [0.15, 0.2) is 11.3 Å². The molecule has 0 fully saturated rings. The third kappa shape index (κ3) is 4.46. The fourth-order valence-electron chi connectivity index (χ4n) is 1.76. The lowest BCUT2D eigenvalue weighted by Crippen LogP contribution is -2.24. The van der Waals surface area contributed by atoms with Crippen LogP contribution in [0.15, 0.2) is 44.5 Å². The Morgan fingerprint density at radius 2 is 2.05 bits per heavy atom. The Hall–Kier alpha value is -2.08. The molecule has 1 N–H and O–H groups in total. The largest absolute Gasteiger partial charge is 0.483 e. The van der Waals surface area contributed by atoms with E-state index in [0.717, 1.165) is 16.9 Å². The summed E-state index contributed by atoms with van der Waals surface area (Å²) in [5.74, 6) is 0.934. The predicted molar refractivity (Wildman–Crippen MR) is 83.6 cm³/mol. The van der Waals surface area contributed by atoms with E-state index >= 15 is 0 Å². The lowest BCUT2D eigenvalue weighted by atomic mass is 10.1. The van der Waals surface area contributed by atoms with Crippen LogP contribution in [0.4, 0.5) is 0 Å². The normalized spacial score (nSPS) is 10.8. The summed E-state index contributed by atoms with van der Waals surface area (Å²) in [7, 11) is 0. The maximum absolute atomic E-state index is 11.6. The van der Waals surface area contributed by atoms with Gasteiger partial charge in [-0.2, -0.15) is 5.10 Å². The second kappa shape index (κ2) is 7.08. The van der Waals surface area contributed by atoms with Crippen molar-refractivity contribution >= 4 is 28.1 Å². The number of carbonyl (C=O) groups excluding carboxylic acids is 1. The number of ether oxygens (including phenoxy) is 1. The Labute approximate surface area is 131 Å². The Bertz CT molecular complexity index is 644. The van der Waals surface area contributed by atoms with Crippen molar-refractivity contribution in [2.24, 2.45) is 5.10 Å². The molecule has 0 aliphatic rings. The minimum absolute atomic E-state index is 0.0924. The Morgan fingerprint density at radius 1 is 1.33 bits per heavy atom. The van der Waals surface area contributed by atoms with Crippen LogP contribution in [-0.2, 0) is 4.79 Å². The number of carbonyl (C=O) groups is 1. The molecule has 5 nitrogen and oxygen atoms in total. The number of nitrogens with zero attached hydrogens (tertiary/aromatic N) is 1. The molecule has 0 unspecified atom stereocenters. The van der Waals surface area contributed by atoms with E-state index in [9.17, 15) is 4.79 Å². The van der Waals surface area contributed by atoms with Crippen LogP contribution >= 0.6 is 15.9 Å². The second-order valence-electron chi connectivity index (χ2n) is 4.44. The van der Waals surface area contributed by atoms with Gasteiger partial charge in [-0.15, -0.1) is 0 Å². The first-order chi connectivity index (χ1) is 10.1. The first-order valence-corrected chi connectivity index (χ1v) is 7.12. The quantitative estimate of drug-likeness (QED) is 0.665. The molecular weight excluding hydrogens is 336 g/mol. The van der Waals surface area contributed by atoms with E-state index in [4.69, 9.17) is 9.15 Å². The van der Waals surface area contributed by atoms with Crippen LogP contribution in [0, 0.1) is 13.8 Å². The molecule has 0 bridgehead atoms. The molecule has 2 aromatic rings. The molecule has 0 saturated heterocycles. The number of para-hydroxylation sites is 1. The Morgan fingerprint density at radius 3 is 2.67 bits per heavy atom. The number of nitrogens with one attached hydrogen (secondary N) is 1. The maximum Gasteiger partial charge on any atom is 0.277 e. The van der Waals surface area contributed by atoms with Crippen LogP contribution in [0.5, 0.6) is 5.75 Å². The van der Waals surface area contributed by atoms with Crippen LogP contribution in [0.1, 0.15) is 16.9 Å². The summed E-state index contributed by atoms with van der Waals surface area (Å²) in [4.78, 5) is 11.6. The highest BCUT2D eigenvalue weighted by atomic mass is 79.9. The number of halogens is 1. The third-order valence-corrected chi connectivity index (χ3v) is 3.16. The molecule has 1 aromatic carbocycles. The third-order valence-electron chi connectivity index (χ3n) is 2.73. The standard InChI is InChI=1S/C15H15BrN2O3/c1-10-4-3-5-11(2)15(10)20-9-14(19)18-17-8-12-6-7-13(16)21-12/h3-8H,9H2,1-2H3,(H,18,19)/b17-8-. The second-order valence-corrected chi connectivity index (χ2v) is 5.23. The number of hydrogen-bond acceptors (Lipinski definition) is 4. The summed E-state index contributed by atoms with van der Waals surface area (Å²) in [6.45, 7) is 3.78. The first kappa shape index (κ1) is 15.3. The molecule has 1 aromatic heterocycles. The van der Waals surface area contributed by atoms with Crippen molar-refractivity contribution in [3.05, 3.63) is 51.9 Å². The zero-order valence-electron chi connectivity index (χ0n) is 11.7. The average molecular weight is 351 g/mol. The van der Waals surface area contributed by atoms with Crippen molar-refractivity contribution < 1.29 is 13.9 Å². The van der Waals surface area contributed by atoms with Crippen molar-refractivity contribution in [2.45, 2.75) is 13.8 Å². The number of rotatable bonds is 5. The summed E-state index contributed by atoms with van der Waals surface area (Å²) in [5.41, 5.74) is 4.36. The number of hydrazone groups is 1. The molecule has 0 saturated carbocycles. The lowest BCUT2D eigenvalue weighted by Gasteiger charge is -2.10. The maximum atomic E-state index is 11.6. The van der Waals surface area contributed by atoms with Gasteiger partial charge >= 0.3 is 0 Å². The molecule has 0 atom stereocenters. The molecule has 21 heavy (non-hydrogen) atoms.